The van der Waals surface area contributed by atoms with Crippen molar-refractivity contribution in [3.05, 3.63) is 59.7 Å². The number of nitrogens with zero attached hydrogens (tertiary/aromatic N) is 1. The van der Waals surface area contributed by atoms with Crippen molar-refractivity contribution in [1.82, 2.24) is 10.2 Å². The van der Waals surface area contributed by atoms with Gasteiger partial charge in [0.1, 0.15) is 5.75 Å². The normalized spacial score (nSPS) is 10.6. The van der Waals surface area contributed by atoms with Gasteiger partial charge in [-0.05, 0) is 61.5 Å². The topological polar surface area (TPSA) is 70.7 Å². The number of hydrogen-bond acceptors (Lipinski definition) is 4. The molecule has 0 aromatic heterocycles. The van der Waals surface area contributed by atoms with Crippen molar-refractivity contribution in [2.75, 3.05) is 38.1 Å². The van der Waals surface area contributed by atoms with Gasteiger partial charge in [0.15, 0.2) is 6.61 Å². The Bertz CT molecular complexity index is 769. The predicted molar refractivity (Wildman–Crippen MR) is 117 cm³/mol. The first-order valence-electron chi connectivity index (χ1n) is 10.2. The Kier molecular flexibility index (Phi) is 9.18. The molecule has 0 aliphatic rings. The maximum absolute atomic E-state index is 12.2. The van der Waals surface area contributed by atoms with Crippen LogP contribution in [0.25, 0.3) is 0 Å². The number of rotatable bonds is 11. The number of amides is 2. The molecule has 2 aromatic carbocycles. The molecule has 0 saturated heterocycles. The molecule has 0 fully saturated rings. The first kappa shape index (κ1) is 22.4. The number of carbonyl (C=O) groups is 2. The van der Waals surface area contributed by atoms with E-state index in [1.54, 1.807) is 24.3 Å². The number of nitrogens with one attached hydrogen (secondary N) is 2. The number of benzene rings is 2. The molecule has 6 nitrogen and oxygen atoms in total. The molecule has 0 heterocycles. The van der Waals surface area contributed by atoms with Crippen LogP contribution in [-0.2, 0) is 11.2 Å². The summed E-state index contributed by atoms with van der Waals surface area (Å²) in [6, 6.07) is 14.5. The van der Waals surface area contributed by atoms with Crippen molar-refractivity contribution in [3.63, 3.8) is 0 Å². The first-order valence-corrected chi connectivity index (χ1v) is 10.2. The average molecular weight is 398 g/mol. The molecule has 0 aliphatic heterocycles. The van der Waals surface area contributed by atoms with Gasteiger partial charge >= 0.3 is 0 Å². The molecule has 2 amide bonds. The van der Waals surface area contributed by atoms with Gasteiger partial charge in [-0.15, -0.1) is 0 Å². The molecule has 29 heavy (non-hydrogen) atoms. The minimum absolute atomic E-state index is 0.0704. The molecule has 0 unspecified atom stereocenters. The SMILES string of the molecule is CCc1ccc(OCC(=O)Nc2ccc(C(=O)NCCN(CC)CC)cc2)cc1. The highest BCUT2D eigenvalue weighted by molar-refractivity contribution is 5.96. The molecule has 0 radical (unpaired) electrons. The maximum Gasteiger partial charge on any atom is 0.262 e. The quantitative estimate of drug-likeness (QED) is 0.610. The first-order chi connectivity index (χ1) is 14.0. The van der Waals surface area contributed by atoms with E-state index in [1.807, 2.05) is 24.3 Å². The van der Waals surface area contributed by atoms with Crippen molar-refractivity contribution in [3.8, 4) is 5.75 Å². The van der Waals surface area contributed by atoms with Gasteiger partial charge < -0.3 is 20.3 Å². The number of anilines is 1. The number of carbonyl (C=O) groups excluding carboxylic acids is 2. The van der Waals surface area contributed by atoms with Crippen LogP contribution in [0.15, 0.2) is 48.5 Å². The summed E-state index contributed by atoms with van der Waals surface area (Å²) in [5.74, 6) is 0.295. The lowest BCUT2D eigenvalue weighted by Crippen LogP contribution is -2.34. The molecular weight excluding hydrogens is 366 g/mol. The van der Waals surface area contributed by atoms with Gasteiger partial charge in [-0.2, -0.15) is 0 Å². The van der Waals surface area contributed by atoms with E-state index in [0.717, 1.165) is 26.1 Å². The zero-order chi connectivity index (χ0) is 21.1. The highest BCUT2D eigenvalue weighted by atomic mass is 16.5. The largest absolute Gasteiger partial charge is 0.484 e. The van der Waals surface area contributed by atoms with Crippen LogP contribution in [0, 0.1) is 0 Å². The lowest BCUT2D eigenvalue weighted by molar-refractivity contribution is -0.118. The molecule has 2 rings (SSSR count). The van der Waals surface area contributed by atoms with Gasteiger partial charge in [0.05, 0.1) is 0 Å². The van der Waals surface area contributed by atoms with Crippen LogP contribution in [0.2, 0.25) is 0 Å². The minimum atomic E-state index is -0.249. The van der Waals surface area contributed by atoms with E-state index in [2.05, 4.69) is 36.3 Å². The molecule has 0 atom stereocenters. The van der Waals surface area contributed by atoms with Gasteiger partial charge in [-0.25, -0.2) is 0 Å². The van der Waals surface area contributed by atoms with Crippen molar-refractivity contribution in [1.29, 1.82) is 0 Å². The lowest BCUT2D eigenvalue weighted by Gasteiger charge is -2.18. The van der Waals surface area contributed by atoms with Gasteiger partial charge in [0.25, 0.3) is 11.8 Å². The van der Waals surface area contributed by atoms with Crippen LogP contribution in [0.3, 0.4) is 0 Å². The number of aryl methyl sites for hydroxylation is 1. The standard InChI is InChI=1S/C23H31N3O3/c1-4-18-7-13-21(14-8-18)29-17-22(27)25-20-11-9-19(10-12-20)23(28)24-15-16-26(5-2)6-3/h7-14H,4-6,15-17H2,1-3H3,(H,24,28)(H,25,27). The van der Waals surface area contributed by atoms with E-state index in [4.69, 9.17) is 4.74 Å². The fourth-order valence-corrected chi connectivity index (χ4v) is 2.84. The van der Waals surface area contributed by atoms with Gasteiger partial charge in [-0.1, -0.05) is 32.9 Å². The maximum atomic E-state index is 12.2. The summed E-state index contributed by atoms with van der Waals surface area (Å²) < 4.78 is 5.50. The molecule has 2 aromatic rings. The van der Waals surface area contributed by atoms with E-state index in [0.29, 0.717) is 23.5 Å². The van der Waals surface area contributed by atoms with E-state index in [1.165, 1.54) is 5.56 Å². The third-order valence-electron chi connectivity index (χ3n) is 4.74. The average Bonchev–Trinajstić information content (AvgIpc) is 2.76. The second-order valence-electron chi connectivity index (χ2n) is 6.69. The van der Waals surface area contributed by atoms with E-state index < -0.39 is 0 Å². The van der Waals surface area contributed by atoms with Crippen molar-refractivity contribution in [2.24, 2.45) is 0 Å². The Labute approximate surface area is 173 Å². The van der Waals surface area contributed by atoms with Crippen LogP contribution in [0.1, 0.15) is 36.7 Å². The Morgan fingerprint density at radius 3 is 2.17 bits per heavy atom. The zero-order valence-corrected chi connectivity index (χ0v) is 17.5. The third kappa shape index (κ3) is 7.58. The van der Waals surface area contributed by atoms with Crippen LogP contribution >= 0.6 is 0 Å². The van der Waals surface area contributed by atoms with Gasteiger partial charge in [0, 0.05) is 24.3 Å². The summed E-state index contributed by atoms with van der Waals surface area (Å²) in [5, 5.41) is 5.69. The fraction of sp³-hybridized carbons (Fsp3) is 0.391. The molecular formula is C23H31N3O3. The second kappa shape index (κ2) is 11.9. The molecule has 0 saturated carbocycles. The van der Waals surface area contributed by atoms with Crippen molar-refractivity contribution in [2.45, 2.75) is 27.2 Å². The summed E-state index contributed by atoms with van der Waals surface area (Å²) in [5.41, 5.74) is 2.41. The zero-order valence-electron chi connectivity index (χ0n) is 17.5. The third-order valence-corrected chi connectivity index (χ3v) is 4.74. The Morgan fingerprint density at radius 1 is 0.931 bits per heavy atom. The Morgan fingerprint density at radius 2 is 1.59 bits per heavy atom. The highest BCUT2D eigenvalue weighted by Gasteiger charge is 2.08. The van der Waals surface area contributed by atoms with Gasteiger partial charge in [0.2, 0.25) is 0 Å². The van der Waals surface area contributed by atoms with Crippen molar-refractivity contribution >= 4 is 17.5 Å². The Balaban J connectivity index is 1.77. The number of ether oxygens (including phenoxy) is 1. The highest BCUT2D eigenvalue weighted by Crippen LogP contribution is 2.13. The lowest BCUT2D eigenvalue weighted by atomic mass is 10.2. The smallest absolute Gasteiger partial charge is 0.262 e. The molecule has 0 aliphatic carbocycles. The molecule has 2 N–H and O–H groups in total. The van der Waals surface area contributed by atoms with Crippen molar-refractivity contribution < 1.29 is 14.3 Å². The number of likely N-dealkylation sites (N-methyl/N-ethyl adjacent to an activating group) is 1. The van der Waals surface area contributed by atoms with E-state index in [9.17, 15) is 9.59 Å². The molecule has 6 heteroatoms. The second-order valence-corrected chi connectivity index (χ2v) is 6.69. The molecule has 0 bridgehead atoms. The summed E-state index contributed by atoms with van der Waals surface area (Å²) in [4.78, 5) is 26.5. The molecule has 0 spiro atoms. The monoisotopic (exact) mass is 397 g/mol. The van der Waals surface area contributed by atoms with Crippen LogP contribution in [0.4, 0.5) is 5.69 Å². The summed E-state index contributed by atoms with van der Waals surface area (Å²) in [7, 11) is 0. The molecule has 156 valence electrons. The Hall–Kier alpha value is -2.86. The minimum Gasteiger partial charge on any atom is -0.484 e. The predicted octanol–water partition coefficient (Wildman–Crippen LogP) is 3.34. The van der Waals surface area contributed by atoms with Gasteiger partial charge in [-0.3, -0.25) is 9.59 Å². The fourth-order valence-electron chi connectivity index (χ4n) is 2.84. The summed E-state index contributed by atoms with van der Waals surface area (Å²) >= 11 is 0. The van der Waals surface area contributed by atoms with E-state index >= 15 is 0 Å². The number of hydrogen-bond donors (Lipinski definition) is 2. The summed E-state index contributed by atoms with van der Waals surface area (Å²) in [6.07, 6.45) is 0.963. The van der Waals surface area contributed by atoms with E-state index in [-0.39, 0.29) is 18.4 Å². The van der Waals surface area contributed by atoms with Crippen LogP contribution in [-0.4, -0.2) is 49.5 Å². The summed E-state index contributed by atoms with van der Waals surface area (Å²) in [6.45, 7) is 9.59. The van der Waals surface area contributed by atoms with Crippen LogP contribution < -0.4 is 15.4 Å². The van der Waals surface area contributed by atoms with Crippen LogP contribution in [0.5, 0.6) is 5.75 Å².